The van der Waals surface area contributed by atoms with Crippen molar-refractivity contribution in [2.75, 3.05) is 26.7 Å². The van der Waals surface area contributed by atoms with Gasteiger partial charge in [0.15, 0.2) is 0 Å². The summed E-state index contributed by atoms with van der Waals surface area (Å²) >= 11 is 0. The minimum atomic E-state index is -0.0274. The van der Waals surface area contributed by atoms with Crippen molar-refractivity contribution in [3.8, 4) is 0 Å². The predicted molar refractivity (Wildman–Crippen MR) is 80.3 cm³/mol. The molecule has 0 aromatic heterocycles. The zero-order chi connectivity index (χ0) is 14.1. The number of rotatable bonds is 8. The molecule has 112 valence electrons. The lowest BCUT2D eigenvalue weighted by molar-refractivity contribution is -0.125. The quantitative estimate of drug-likeness (QED) is 0.660. The zero-order valence-electron chi connectivity index (χ0n) is 12.9. The van der Waals surface area contributed by atoms with Gasteiger partial charge in [0.05, 0.1) is 6.04 Å². The summed E-state index contributed by atoms with van der Waals surface area (Å²) in [5, 5.41) is 6.56. The van der Waals surface area contributed by atoms with E-state index in [1.165, 1.54) is 19.3 Å². The molecule has 0 aromatic carbocycles. The topological polar surface area (TPSA) is 44.4 Å². The Labute approximate surface area is 118 Å². The summed E-state index contributed by atoms with van der Waals surface area (Å²) in [6.07, 6.45) is 7.26. The zero-order valence-corrected chi connectivity index (χ0v) is 12.9. The Hall–Kier alpha value is -0.610. The van der Waals surface area contributed by atoms with Gasteiger partial charge in [-0.15, -0.1) is 0 Å². The second-order valence-electron chi connectivity index (χ2n) is 5.74. The van der Waals surface area contributed by atoms with E-state index in [9.17, 15) is 4.79 Å². The summed E-state index contributed by atoms with van der Waals surface area (Å²) in [7, 11) is 2.05. The first-order chi connectivity index (χ1) is 9.15. The Morgan fingerprint density at radius 1 is 1.47 bits per heavy atom. The number of carbonyl (C=O) groups is 1. The van der Waals surface area contributed by atoms with Crippen LogP contribution in [0.15, 0.2) is 0 Å². The molecule has 1 rings (SSSR count). The van der Waals surface area contributed by atoms with Crippen LogP contribution in [0.25, 0.3) is 0 Å². The summed E-state index contributed by atoms with van der Waals surface area (Å²) in [5.41, 5.74) is 0. The van der Waals surface area contributed by atoms with Gasteiger partial charge >= 0.3 is 0 Å². The first-order valence-electron chi connectivity index (χ1n) is 7.86. The Kier molecular flexibility index (Phi) is 8.07. The highest BCUT2D eigenvalue weighted by Crippen LogP contribution is 2.11. The van der Waals surface area contributed by atoms with Crippen molar-refractivity contribution in [2.45, 2.75) is 64.5 Å². The molecule has 2 unspecified atom stereocenters. The average Bonchev–Trinajstić information content (AvgIpc) is 2.45. The fourth-order valence-corrected chi connectivity index (χ4v) is 2.46. The van der Waals surface area contributed by atoms with Crippen LogP contribution in [0.3, 0.4) is 0 Å². The van der Waals surface area contributed by atoms with Gasteiger partial charge < -0.3 is 10.6 Å². The van der Waals surface area contributed by atoms with Crippen LogP contribution in [0.1, 0.15) is 52.4 Å². The van der Waals surface area contributed by atoms with Gasteiger partial charge in [-0.3, -0.25) is 9.69 Å². The number of nitrogens with one attached hydrogen (secondary N) is 2. The smallest absolute Gasteiger partial charge is 0.237 e. The molecule has 1 saturated heterocycles. The molecule has 2 atom stereocenters. The van der Waals surface area contributed by atoms with Crippen LogP contribution in [-0.2, 0) is 4.79 Å². The third-order valence-electron chi connectivity index (χ3n) is 4.11. The van der Waals surface area contributed by atoms with E-state index >= 15 is 0 Å². The minimum absolute atomic E-state index is 0.0274. The number of nitrogens with zero attached hydrogens (tertiary/aromatic N) is 1. The lowest BCUT2D eigenvalue weighted by Crippen LogP contribution is -2.45. The van der Waals surface area contributed by atoms with Crippen molar-refractivity contribution >= 4 is 5.91 Å². The van der Waals surface area contributed by atoms with E-state index < -0.39 is 0 Å². The molecule has 1 aliphatic heterocycles. The molecular weight excluding hydrogens is 238 g/mol. The standard InChI is InChI=1S/C15H31N3O/c1-4-5-10-17-15(19)13(2)18(3)12-9-14-8-6-7-11-16-14/h13-14,16H,4-12H2,1-3H3,(H,17,19). The Morgan fingerprint density at radius 3 is 2.89 bits per heavy atom. The van der Waals surface area contributed by atoms with Gasteiger partial charge in [-0.1, -0.05) is 19.8 Å². The Bertz CT molecular complexity index is 252. The van der Waals surface area contributed by atoms with E-state index in [2.05, 4.69) is 22.5 Å². The maximum absolute atomic E-state index is 11.9. The number of hydrogen-bond acceptors (Lipinski definition) is 3. The van der Waals surface area contributed by atoms with Crippen molar-refractivity contribution in [1.82, 2.24) is 15.5 Å². The lowest BCUT2D eigenvalue weighted by Gasteiger charge is -2.28. The maximum atomic E-state index is 11.9. The number of hydrogen-bond donors (Lipinski definition) is 2. The molecular formula is C15H31N3O. The SMILES string of the molecule is CCCCNC(=O)C(C)N(C)CCC1CCCCN1. The monoisotopic (exact) mass is 269 g/mol. The molecule has 0 aromatic rings. The predicted octanol–water partition coefficient (Wildman–Crippen LogP) is 1.76. The second kappa shape index (κ2) is 9.32. The van der Waals surface area contributed by atoms with E-state index in [-0.39, 0.29) is 11.9 Å². The normalized spacial score (nSPS) is 21.4. The van der Waals surface area contributed by atoms with E-state index in [1.807, 2.05) is 14.0 Å². The number of amides is 1. The van der Waals surface area contributed by atoms with Gasteiger partial charge in [-0.2, -0.15) is 0 Å². The molecule has 0 saturated carbocycles. The van der Waals surface area contributed by atoms with Gasteiger partial charge in [0, 0.05) is 19.1 Å². The molecule has 4 heteroatoms. The number of piperidine rings is 1. The number of unbranched alkanes of at least 4 members (excludes halogenated alkanes) is 1. The summed E-state index contributed by atoms with van der Waals surface area (Å²) < 4.78 is 0. The molecule has 1 fully saturated rings. The van der Waals surface area contributed by atoms with Crippen molar-refractivity contribution in [3.63, 3.8) is 0 Å². The molecule has 1 aliphatic rings. The fraction of sp³-hybridized carbons (Fsp3) is 0.933. The summed E-state index contributed by atoms with van der Waals surface area (Å²) in [4.78, 5) is 14.1. The summed E-state index contributed by atoms with van der Waals surface area (Å²) in [5.74, 6) is 0.160. The van der Waals surface area contributed by atoms with Crippen molar-refractivity contribution in [2.24, 2.45) is 0 Å². The first-order valence-corrected chi connectivity index (χ1v) is 7.86. The van der Waals surface area contributed by atoms with Gasteiger partial charge in [-0.05, 0) is 46.2 Å². The van der Waals surface area contributed by atoms with Crippen LogP contribution in [0.4, 0.5) is 0 Å². The summed E-state index contributed by atoms with van der Waals surface area (Å²) in [6, 6.07) is 0.618. The summed E-state index contributed by atoms with van der Waals surface area (Å²) in [6.45, 7) is 7.08. The molecule has 1 heterocycles. The Morgan fingerprint density at radius 2 is 2.26 bits per heavy atom. The molecule has 19 heavy (non-hydrogen) atoms. The van der Waals surface area contributed by atoms with E-state index in [0.29, 0.717) is 6.04 Å². The minimum Gasteiger partial charge on any atom is -0.355 e. The first kappa shape index (κ1) is 16.4. The molecule has 0 aliphatic carbocycles. The third-order valence-corrected chi connectivity index (χ3v) is 4.11. The molecule has 0 bridgehead atoms. The Balaban J connectivity index is 2.19. The molecule has 4 nitrogen and oxygen atoms in total. The third kappa shape index (κ3) is 6.39. The highest BCUT2D eigenvalue weighted by molar-refractivity contribution is 5.81. The maximum Gasteiger partial charge on any atom is 0.237 e. The van der Waals surface area contributed by atoms with Crippen LogP contribution in [-0.4, -0.2) is 49.6 Å². The van der Waals surface area contributed by atoms with E-state index in [4.69, 9.17) is 0 Å². The largest absolute Gasteiger partial charge is 0.355 e. The fourth-order valence-electron chi connectivity index (χ4n) is 2.46. The molecule has 0 radical (unpaired) electrons. The van der Waals surface area contributed by atoms with Gasteiger partial charge in [-0.25, -0.2) is 0 Å². The van der Waals surface area contributed by atoms with Gasteiger partial charge in [0.1, 0.15) is 0 Å². The average molecular weight is 269 g/mol. The van der Waals surface area contributed by atoms with E-state index in [0.717, 1.165) is 38.9 Å². The van der Waals surface area contributed by atoms with Crippen molar-refractivity contribution < 1.29 is 4.79 Å². The molecule has 1 amide bonds. The second-order valence-corrected chi connectivity index (χ2v) is 5.74. The molecule has 0 spiro atoms. The van der Waals surface area contributed by atoms with Crippen LogP contribution >= 0.6 is 0 Å². The lowest BCUT2D eigenvalue weighted by atomic mass is 10.0. The van der Waals surface area contributed by atoms with Crippen LogP contribution < -0.4 is 10.6 Å². The van der Waals surface area contributed by atoms with Crippen LogP contribution in [0, 0.1) is 0 Å². The highest BCUT2D eigenvalue weighted by Gasteiger charge is 2.19. The van der Waals surface area contributed by atoms with Crippen LogP contribution in [0.2, 0.25) is 0 Å². The van der Waals surface area contributed by atoms with Gasteiger partial charge in [0.2, 0.25) is 5.91 Å². The molecule has 2 N–H and O–H groups in total. The number of carbonyl (C=O) groups excluding carboxylic acids is 1. The van der Waals surface area contributed by atoms with Crippen molar-refractivity contribution in [3.05, 3.63) is 0 Å². The van der Waals surface area contributed by atoms with Gasteiger partial charge in [0.25, 0.3) is 0 Å². The van der Waals surface area contributed by atoms with Crippen LogP contribution in [0.5, 0.6) is 0 Å². The van der Waals surface area contributed by atoms with Crippen molar-refractivity contribution in [1.29, 1.82) is 0 Å². The van der Waals surface area contributed by atoms with E-state index in [1.54, 1.807) is 0 Å². The number of likely N-dealkylation sites (N-methyl/N-ethyl adjacent to an activating group) is 1. The highest BCUT2D eigenvalue weighted by atomic mass is 16.2.